The average molecular weight is 415 g/mol. The van der Waals surface area contributed by atoms with Crippen LogP contribution >= 0.6 is 11.8 Å². The van der Waals surface area contributed by atoms with E-state index in [2.05, 4.69) is 4.98 Å². The summed E-state index contributed by atoms with van der Waals surface area (Å²) in [7, 11) is 0. The van der Waals surface area contributed by atoms with Gasteiger partial charge >= 0.3 is 0 Å². The predicted octanol–water partition coefficient (Wildman–Crippen LogP) is 4.24. The second-order valence-electron chi connectivity index (χ2n) is 5.78. The first-order valence-electron chi connectivity index (χ1n) is 8.73. The number of thioether (sulfide) groups is 1. The van der Waals surface area contributed by atoms with Crippen molar-refractivity contribution < 1.29 is 24.0 Å². The number of carbonyl (C=O) groups is 2. The van der Waals surface area contributed by atoms with E-state index in [9.17, 15) is 19.7 Å². The molecule has 1 fully saturated rings. The van der Waals surface area contributed by atoms with Gasteiger partial charge in [0.2, 0.25) is 5.88 Å². The van der Waals surface area contributed by atoms with E-state index in [0.29, 0.717) is 35.1 Å². The van der Waals surface area contributed by atoms with Gasteiger partial charge in [-0.25, -0.2) is 4.98 Å². The topological polar surface area (TPSA) is 112 Å². The maximum atomic E-state index is 12.2. The first-order chi connectivity index (χ1) is 13.9. The van der Waals surface area contributed by atoms with E-state index in [-0.39, 0.29) is 22.7 Å². The van der Waals surface area contributed by atoms with Crippen molar-refractivity contribution in [3.63, 3.8) is 0 Å². The van der Waals surface area contributed by atoms with Gasteiger partial charge in [-0.3, -0.25) is 24.6 Å². The molecule has 0 spiro atoms. The molecule has 1 saturated heterocycles. The minimum atomic E-state index is -0.544. The number of amides is 2. The second-order valence-corrected chi connectivity index (χ2v) is 6.77. The normalized spacial score (nSPS) is 15.1. The lowest BCUT2D eigenvalue weighted by atomic mass is 10.2. The molecule has 1 aliphatic heterocycles. The molecule has 0 bridgehead atoms. The summed E-state index contributed by atoms with van der Waals surface area (Å²) in [6, 6.07) is 7.72. The molecule has 2 aromatic rings. The number of imide groups is 1. The van der Waals surface area contributed by atoms with Gasteiger partial charge in [-0.15, -0.1) is 0 Å². The number of hydrogen-bond acceptors (Lipinski definition) is 8. The summed E-state index contributed by atoms with van der Waals surface area (Å²) >= 11 is 0.892. The van der Waals surface area contributed by atoms with Gasteiger partial charge in [-0.05, 0) is 49.4 Å². The van der Waals surface area contributed by atoms with E-state index in [1.54, 1.807) is 31.2 Å². The lowest BCUT2D eigenvalue weighted by molar-refractivity contribution is -0.385. The van der Waals surface area contributed by atoms with Crippen LogP contribution in [0.4, 0.5) is 10.5 Å². The summed E-state index contributed by atoms with van der Waals surface area (Å²) < 4.78 is 11.3. The maximum Gasteiger partial charge on any atom is 0.293 e. The SMILES string of the molecule is CCOc1cc(/C=C2\SC(=O)N(CC)C2=O)ccc1Oc1ccc([N+](=O)[O-])cn1. The standard InChI is InChI=1S/C19H17N3O6S/c1-3-21-18(23)16(29-19(21)24)10-12-5-7-14(15(9-12)27-4-2)28-17-8-6-13(11-20-17)22(25)26/h5-11H,3-4H2,1-2H3/b16-10-. The van der Waals surface area contributed by atoms with Crippen molar-refractivity contribution >= 4 is 34.7 Å². The van der Waals surface area contributed by atoms with Crippen molar-refractivity contribution in [1.82, 2.24) is 9.88 Å². The molecular weight excluding hydrogens is 398 g/mol. The molecule has 0 atom stereocenters. The van der Waals surface area contributed by atoms with Crippen LogP contribution < -0.4 is 9.47 Å². The monoisotopic (exact) mass is 415 g/mol. The Morgan fingerprint density at radius 3 is 2.59 bits per heavy atom. The van der Waals surface area contributed by atoms with Crippen LogP contribution in [0.2, 0.25) is 0 Å². The van der Waals surface area contributed by atoms with Crippen LogP contribution in [-0.4, -0.2) is 39.1 Å². The summed E-state index contributed by atoms with van der Waals surface area (Å²) in [5.74, 6) is 0.632. The number of pyridine rings is 1. The number of nitro groups is 1. The van der Waals surface area contributed by atoms with Gasteiger partial charge in [0.15, 0.2) is 11.5 Å². The van der Waals surface area contributed by atoms with Crippen molar-refractivity contribution in [2.24, 2.45) is 0 Å². The van der Waals surface area contributed by atoms with E-state index in [0.717, 1.165) is 18.0 Å². The number of hydrogen-bond donors (Lipinski definition) is 0. The Morgan fingerprint density at radius 1 is 1.21 bits per heavy atom. The molecule has 0 N–H and O–H groups in total. The molecule has 0 saturated carbocycles. The molecule has 1 aliphatic rings. The zero-order valence-electron chi connectivity index (χ0n) is 15.7. The fourth-order valence-corrected chi connectivity index (χ4v) is 3.45. The third-order valence-electron chi connectivity index (χ3n) is 3.90. The van der Waals surface area contributed by atoms with Crippen LogP contribution in [-0.2, 0) is 4.79 Å². The number of aromatic nitrogens is 1. The quantitative estimate of drug-likeness (QED) is 0.375. The summed E-state index contributed by atoms with van der Waals surface area (Å²) in [6.07, 6.45) is 2.73. The third kappa shape index (κ3) is 4.54. The van der Waals surface area contributed by atoms with Gasteiger partial charge in [0.05, 0.1) is 16.4 Å². The second kappa shape index (κ2) is 8.74. The van der Waals surface area contributed by atoms with E-state index in [4.69, 9.17) is 9.47 Å². The minimum Gasteiger partial charge on any atom is -0.490 e. The largest absolute Gasteiger partial charge is 0.490 e. The lowest BCUT2D eigenvalue weighted by Crippen LogP contribution is -2.27. The van der Waals surface area contributed by atoms with Crippen LogP contribution in [0.1, 0.15) is 19.4 Å². The summed E-state index contributed by atoms with van der Waals surface area (Å²) in [5.41, 5.74) is 0.526. The highest BCUT2D eigenvalue weighted by Gasteiger charge is 2.33. The molecule has 1 aromatic carbocycles. The molecule has 29 heavy (non-hydrogen) atoms. The van der Waals surface area contributed by atoms with Crippen molar-refractivity contribution in [2.45, 2.75) is 13.8 Å². The van der Waals surface area contributed by atoms with E-state index >= 15 is 0 Å². The first kappa shape index (κ1) is 20.3. The zero-order valence-corrected chi connectivity index (χ0v) is 16.5. The van der Waals surface area contributed by atoms with Crippen LogP contribution in [0.3, 0.4) is 0 Å². The van der Waals surface area contributed by atoms with Gasteiger partial charge in [-0.1, -0.05) is 6.07 Å². The van der Waals surface area contributed by atoms with Crippen LogP contribution in [0.5, 0.6) is 17.4 Å². The van der Waals surface area contributed by atoms with Gasteiger partial charge in [-0.2, -0.15) is 0 Å². The van der Waals surface area contributed by atoms with Crippen LogP contribution in [0, 0.1) is 10.1 Å². The number of nitrogens with zero attached hydrogens (tertiary/aromatic N) is 3. The smallest absolute Gasteiger partial charge is 0.293 e. The molecule has 0 unspecified atom stereocenters. The third-order valence-corrected chi connectivity index (χ3v) is 4.81. The molecule has 0 radical (unpaired) electrons. The maximum absolute atomic E-state index is 12.2. The molecule has 0 aliphatic carbocycles. The highest BCUT2D eigenvalue weighted by atomic mass is 32.2. The van der Waals surface area contributed by atoms with E-state index in [1.807, 2.05) is 6.92 Å². The van der Waals surface area contributed by atoms with Crippen LogP contribution in [0.25, 0.3) is 6.08 Å². The highest BCUT2D eigenvalue weighted by molar-refractivity contribution is 8.18. The number of rotatable bonds is 7. The molecule has 2 heterocycles. The molecule has 2 amide bonds. The Morgan fingerprint density at radius 2 is 2.00 bits per heavy atom. The Balaban J connectivity index is 1.85. The average Bonchev–Trinajstić information content (AvgIpc) is 2.97. The van der Waals surface area contributed by atoms with Gasteiger partial charge in [0, 0.05) is 18.7 Å². The number of ether oxygens (including phenoxy) is 2. The van der Waals surface area contributed by atoms with Crippen molar-refractivity contribution in [2.75, 3.05) is 13.2 Å². The highest BCUT2D eigenvalue weighted by Crippen LogP contribution is 2.36. The fraction of sp³-hybridized carbons (Fsp3) is 0.211. The number of likely N-dealkylation sites (N-methyl/N-ethyl adjacent to an activating group) is 1. The van der Waals surface area contributed by atoms with E-state index < -0.39 is 4.92 Å². The Labute approximate surface area is 170 Å². The summed E-state index contributed by atoms with van der Waals surface area (Å²) in [6.45, 7) is 4.25. The molecule has 10 heteroatoms. The number of carbonyl (C=O) groups excluding carboxylic acids is 2. The Hall–Kier alpha value is -3.40. The van der Waals surface area contributed by atoms with Gasteiger partial charge in [0.25, 0.3) is 16.8 Å². The lowest BCUT2D eigenvalue weighted by Gasteiger charge is -2.12. The Bertz CT molecular complexity index is 990. The zero-order chi connectivity index (χ0) is 21.0. The Kier molecular flexibility index (Phi) is 6.13. The predicted molar refractivity (Wildman–Crippen MR) is 107 cm³/mol. The fourth-order valence-electron chi connectivity index (χ4n) is 2.54. The van der Waals surface area contributed by atoms with Gasteiger partial charge in [0.1, 0.15) is 6.20 Å². The summed E-state index contributed by atoms with van der Waals surface area (Å²) in [4.78, 5) is 39.7. The molecule has 3 rings (SSSR count). The first-order valence-corrected chi connectivity index (χ1v) is 9.55. The molecule has 1 aromatic heterocycles. The molecule has 9 nitrogen and oxygen atoms in total. The van der Waals surface area contributed by atoms with Gasteiger partial charge < -0.3 is 9.47 Å². The van der Waals surface area contributed by atoms with Crippen molar-refractivity contribution in [3.8, 4) is 17.4 Å². The molecular formula is C19H17N3O6S. The molecule has 150 valence electrons. The van der Waals surface area contributed by atoms with Crippen molar-refractivity contribution in [1.29, 1.82) is 0 Å². The minimum absolute atomic E-state index is 0.140. The number of benzene rings is 1. The van der Waals surface area contributed by atoms with Crippen LogP contribution in [0.15, 0.2) is 41.4 Å². The van der Waals surface area contributed by atoms with Crippen molar-refractivity contribution in [3.05, 3.63) is 57.1 Å². The summed E-state index contributed by atoms with van der Waals surface area (Å²) in [5, 5.41) is 10.4. The van der Waals surface area contributed by atoms with E-state index in [1.165, 1.54) is 17.0 Å².